The molecule has 2 nitrogen and oxygen atoms in total. The first-order chi connectivity index (χ1) is 10.7. The van der Waals surface area contributed by atoms with Crippen molar-refractivity contribution in [3.8, 4) is 0 Å². The highest BCUT2D eigenvalue weighted by atomic mass is 35.5. The van der Waals surface area contributed by atoms with Gasteiger partial charge in [0.1, 0.15) is 0 Å². The average molecular weight is 335 g/mol. The number of benzene rings is 2. The summed E-state index contributed by atoms with van der Waals surface area (Å²) in [5.41, 5.74) is 3.81. The molecule has 2 rings (SSSR count). The van der Waals surface area contributed by atoms with Gasteiger partial charge in [-0.3, -0.25) is 0 Å². The fourth-order valence-electron chi connectivity index (χ4n) is 2.21. The molecule has 0 aliphatic carbocycles. The molecule has 0 spiro atoms. The van der Waals surface area contributed by atoms with Crippen LogP contribution in [0.15, 0.2) is 52.3 Å². The largest absolute Gasteiger partial charge is 0.383 e. The van der Waals surface area contributed by atoms with Crippen LogP contribution in [-0.4, -0.2) is 25.5 Å². The summed E-state index contributed by atoms with van der Waals surface area (Å²) in [5, 5.41) is 6.79. The Morgan fingerprint density at radius 2 is 1.77 bits per heavy atom. The van der Waals surface area contributed by atoms with Gasteiger partial charge in [-0.2, -0.15) is 0 Å². The normalized spacial score (nSPS) is 10.7. The number of nitrogens with one attached hydrogen (secondary N) is 2. The first-order valence-corrected chi connectivity index (χ1v) is 8.90. The lowest BCUT2D eigenvalue weighted by molar-refractivity contribution is 0.741. The summed E-state index contributed by atoms with van der Waals surface area (Å²) in [6.45, 7) is 6.95. The minimum Gasteiger partial charge on any atom is -0.383 e. The van der Waals surface area contributed by atoms with Crippen LogP contribution in [0, 0.1) is 13.8 Å². The van der Waals surface area contributed by atoms with E-state index in [1.165, 1.54) is 26.6 Å². The van der Waals surface area contributed by atoms with E-state index in [-0.39, 0.29) is 0 Å². The molecule has 0 aromatic heterocycles. The molecule has 0 bridgehead atoms. The van der Waals surface area contributed by atoms with Crippen LogP contribution in [0.3, 0.4) is 0 Å². The van der Waals surface area contributed by atoms with E-state index in [0.29, 0.717) is 5.88 Å². The van der Waals surface area contributed by atoms with Crippen LogP contribution in [0.1, 0.15) is 11.1 Å². The van der Waals surface area contributed by atoms with Gasteiger partial charge >= 0.3 is 0 Å². The van der Waals surface area contributed by atoms with Gasteiger partial charge in [0.05, 0.1) is 0 Å². The van der Waals surface area contributed by atoms with Crippen LogP contribution < -0.4 is 10.6 Å². The average Bonchev–Trinajstić information content (AvgIpc) is 2.51. The van der Waals surface area contributed by atoms with Crippen molar-refractivity contribution in [3.63, 3.8) is 0 Å². The van der Waals surface area contributed by atoms with Crippen molar-refractivity contribution < 1.29 is 0 Å². The summed E-state index contributed by atoms with van der Waals surface area (Å²) >= 11 is 7.47. The Balaban J connectivity index is 2.01. The Hall–Kier alpha value is -1.16. The Labute approximate surface area is 142 Å². The highest BCUT2D eigenvalue weighted by Crippen LogP contribution is 2.35. The maximum Gasteiger partial charge on any atom is 0.0482 e. The van der Waals surface area contributed by atoms with Crippen molar-refractivity contribution in [3.05, 3.63) is 53.6 Å². The summed E-state index contributed by atoms with van der Waals surface area (Å²) in [6, 6.07) is 15.1. The van der Waals surface area contributed by atoms with Gasteiger partial charge in [0, 0.05) is 41.0 Å². The predicted octanol–water partition coefficient (Wildman–Crippen LogP) is 4.69. The molecule has 0 fully saturated rings. The van der Waals surface area contributed by atoms with E-state index < -0.39 is 0 Å². The van der Waals surface area contributed by atoms with Crippen molar-refractivity contribution in [1.29, 1.82) is 0 Å². The monoisotopic (exact) mass is 334 g/mol. The number of hydrogen-bond acceptors (Lipinski definition) is 3. The van der Waals surface area contributed by atoms with Crippen molar-refractivity contribution in [2.75, 3.05) is 30.8 Å². The van der Waals surface area contributed by atoms with Crippen LogP contribution in [-0.2, 0) is 0 Å². The molecule has 0 radical (unpaired) electrons. The van der Waals surface area contributed by atoms with Gasteiger partial charge in [0.15, 0.2) is 0 Å². The SMILES string of the molecule is Cc1ccc(Sc2ccccc2NCCNCCCl)c(C)c1. The first-order valence-electron chi connectivity index (χ1n) is 7.55. The zero-order chi connectivity index (χ0) is 15.8. The molecule has 118 valence electrons. The minimum absolute atomic E-state index is 0.652. The van der Waals surface area contributed by atoms with E-state index in [9.17, 15) is 0 Å². The van der Waals surface area contributed by atoms with Crippen LogP contribution in [0.4, 0.5) is 5.69 Å². The zero-order valence-electron chi connectivity index (χ0n) is 13.2. The van der Waals surface area contributed by atoms with Crippen molar-refractivity contribution >= 4 is 29.1 Å². The van der Waals surface area contributed by atoms with Gasteiger partial charge in [0.2, 0.25) is 0 Å². The molecular formula is C18H23ClN2S. The van der Waals surface area contributed by atoms with E-state index in [4.69, 9.17) is 11.6 Å². The van der Waals surface area contributed by atoms with Gasteiger partial charge in [-0.25, -0.2) is 0 Å². The molecule has 0 saturated heterocycles. The van der Waals surface area contributed by atoms with Crippen molar-refractivity contribution in [2.24, 2.45) is 0 Å². The lowest BCUT2D eigenvalue weighted by Crippen LogP contribution is -2.23. The zero-order valence-corrected chi connectivity index (χ0v) is 14.7. The molecule has 0 atom stereocenters. The Kier molecular flexibility index (Phi) is 7.10. The van der Waals surface area contributed by atoms with E-state index in [0.717, 1.165) is 19.6 Å². The predicted molar refractivity (Wildman–Crippen MR) is 98.6 cm³/mol. The molecule has 0 aliphatic rings. The highest BCUT2D eigenvalue weighted by molar-refractivity contribution is 7.99. The second-order valence-corrected chi connectivity index (χ2v) is 6.69. The fraction of sp³-hybridized carbons (Fsp3) is 0.333. The van der Waals surface area contributed by atoms with Gasteiger partial charge in [-0.05, 0) is 37.6 Å². The topological polar surface area (TPSA) is 24.1 Å². The highest BCUT2D eigenvalue weighted by Gasteiger charge is 2.06. The van der Waals surface area contributed by atoms with E-state index in [1.54, 1.807) is 0 Å². The minimum atomic E-state index is 0.652. The third-order valence-electron chi connectivity index (χ3n) is 3.33. The number of anilines is 1. The fourth-order valence-corrected chi connectivity index (χ4v) is 3.33. The molecule has 22 heavy (non-hydrogen) atoms. The van der Waals surface area contributed by atoms with Crippen LogP contribution in [0.5, 0.6) is 0 Å². The van der Waals surface area contributed by atoms with E-state index in [1.807, 2.05) is 11.8 Å². The lowest BCUT2D eigenvalue weighted by Gasteiger charge is -2.13. The summed E-state index contributed by atoms with van der Waals surface area (Å²) in [7, 11) is 0. The molecule has 0 unspecified atom stereocenters. The number of aryl methyl sites for hydroxylation is 2. The third kappa shape index (κ3) is 5.24. The Morgan fingerprint density at radius 1 is 0.955 bits per heavy atom. The van der Waals surface area contributed by atoms with E-state index in [2.05, 4.69) is 66.9 Å². The summed E-state index contributed by atoms with van der Waals surface area (Å²) in [5.74, 6) is 0.652. The van der Waals surface area contributed by atoms with Gasteiger partial charge in [-0.15, -0.1) is 11.6 Å². The molecule has 0 saturated carbocycles. The third-order valence-corrected chi connectivity index (χ3v) is 4.77. The number of hydrogen-bond donors (Lipinski definition) is 2. The summed E-state index contributed by atoms with van der Waals surface area (Å²) in [6.07, 6.45) is 0. The van der Waals surface area contributed by atoms with Gasteiger partial charge < -0.3 is 10.6 Å². The number of para-hydroxylation sites is 1. The number of halogens is 1. The molecule has 0 heterocycles. The van der Waals surface area contributed by atoms with E-state index >= 15 is 0 Å². The van der Waals surface area contributed by atoms with Gasteiger partial charge in [-0.1, -0.05) is 41.6 Å². The second kappa shape index (κ2) is 9.09. The Morgan fingerprint density at radius 3 is 2.55 bits per heavy atom. The first kappa shape index (κ1) is 17.2. The molecule has 4 heteroatoms. The van der Waals surface area contributed by atoms with Crippen LogP contribution >= 0.6 is 23.4 Å². The van der Waals surface area contributed by atoms with Crippen LogP contribution in [0.2, 0.25) is 0 Å². The van der Waals surface area contributed by atoms with Crippen molar-refractivity contribution in [2.45, 2.75) is 23.6 Å². The van der Waals surface area contributed by atoms with Crippen LogP contribution in [0.25, 0.3) is 0 Å². The lowest BCUT2D eigenvalue weighted by atomic mass is 10.2. The maximum atomic E-state index is 5.65. The molecule has 2 aromatic carbocycles. The smallest absolute Gasteiger partial charge is 0.0482 e. The number of rotatable bonds is 8. The standard InChI is InChI=1S/C18H23ClN2S/c1-14-7-8-17(15(2)13-14)22-18-6-4-3-5-16(18)21-12-11-20-10-9-19/h3-8,13,20-21H,9-12H2,1-2H3. The Bertz CT molecular complexity index is 601. The molecular weight excluding hydrogens is 312 g/mol. The number of alkyl halides is 1. The van der Waals surface area contributed by atoms with Gasteiger partial charge in [0.25, 0.3) is 0 Å². The molecule has 0 aliphatic heterocycles. The molecule has 2 N–H and O–H groups in total. The van der Waals surface area contributed by atoms with Crippen molar-refractivity contribution in [1.82, 2.24) is 5.32 Å². The molecule has 2 aromatic rings. The second-order valence-electron chi connectivity index (χ2n) is 5.23. The quantitative estimate of drug-likeness (QED) is 0.540. The maximum absolute atomic E-state index is 5.65. The molecule has 0 amide bonds. The summed E-state index contributed by atoms with van der Waals surface area (Å²) < 4.78 is 0. The summed E-state index contributed by atoms with van der Waals surface area (Å²) in [4.78, 5) is 2.56.